The van der Waals surface area contributed by atoms with E-state index in [0.29, 0.717) is 0 Å². The minimum atomic E-state index is -1.35. The van der Waals surface area contributed by atoms with Crippen LogP contribution >= 0.6 is 0 Å². The van der Waals surface area contributed by atoms with E-state index >= 15 is 0 Å². The fraction of sp³-hybridized carbons (Fsp3) is 0.222. The van der Waals surface area contributed by atoms with Gasteiger partial charge in [-0.1, -0.05) is 159 Å². The van der Waals surface area contributed by atoms with Gasteiger partial charge in [-0.25, -0.2) is 0 Å². The van der Waals surface area contributed by atoms with Gasteiger partial charge in [0.05, 0.1) is 37.2 Å². The molecule has 288 valence electrons. The lowest BCUT2D eigenvalue weighted by atomic mass is 9.33. The van der Waals surface area contributed by atoms with Crippen molar-refractivity contribution in [1.82, 2.24) is 0 Å². The average molecular weight is 780 g/mol. The van der Waals surface area contributed by atoms with Gasteiger partial charge in [-0.3, -0.25) is 0 Å². The van der Waals surface area contributed by atoms with Crippen LogP contribution in [0.2, 0.25) is 0 Å². The van der Waals surface area contributed by atoms with E-state index in [1.807, 2.05) is 0 Å². The third-order valence-electron chi connectivity index (χ3n) is 10.00. The maximum atomic E-state index is 10.2. The summed E-state index contributed by atoms with van der Waals surface area (Å²) in [6, 6.07) is -12.7. The highest BCUT2D eigenvalue weighted by Gasteiger charge is 2.43. The van der Waals surface area contributed by atoms with E-state index in [1.165, 1.54) is 23.1 Å². The van der Waals surface area contributed by atoms with Crippen molar-refractivity contribution in [2.75, 3.05) is 9.80 Å². The van der Waals surface area contributed by atoms with Crippen LogP contribution in [-0.2, 0) is 16.2 Å². The van der Waals surface area contributed by atoms with E-state index in [1.54, 1.807) is 62.3 Å². The lowest BCUT2D eigenvalue weighted by molar-refractivity contribution is 0.486. The SMILES string of the molecule is [2H]c1cc2c(c([2H])c1C(C)(C)C)B1c3c(cc(N(c4c([2H])c([2H])c([2H])c([2H])c4[2H])c4c([2H])c([2H])c([2H])c(-c5c([2H])c([2H])c([2H])c([2H])c5[2H])c4[2H])cc3N2c2c([2H])c([2H])c(C(C)(C)C)c([2H])c2[2H])Oc2c([2H])c([2H])c(C(C)(C)C)c([2H])c21. The van der Waals surface area contributed by atoms with E-state index in [-0.39, 0.29) is 80.1 Å². The van der Waals surface area contributed by atoms with Crippen molar-refractivity contribution in [2.24, 2.45) is 0 Å². The maximum Gasteiger partial charge on any atom is 0.256 e. The Balaban J connectivity index is 1.57. The summed E-state index contributed by atoms with van der Waals surface area (Å²) in [7, 11) is 0. The Kier molecular flexibility index (Phi) is 4.68. The summed E-state index contributed by atoms with van der Waals surface area (Å²) in [6.07, 6.45) is 0. The number of benzene rings is 7. The number of hydrogen-bond donors (Lipinski definition) is 0. The highest BCUT2D eigenvalue weighted by molar-refractivity contribution is 6.99. The Hall–Kier alpha value is -6.00. The fourth-order valence-electron chi connectivity index (χ4n) is 6.99. The average Bonchev–Trinajstić information content (AvgIpc) is 1.15. The van der Waals surface area contributed by atoms with E-state index < -0.39 is 172 Å². The molecule has 7 aromatic carbocycles. The molecule has 58 heavy (non-hydrogen) atoms. The zero-order valence-electron chi connectivity index (χ0n) is 56.6. The Bertz CT molecular complexity index is 3910. The van der Waals surface area contributed by atoms with Gasteiger partial charge in [0.2, 0.25) is 0 Å². The van der Waals surface area contributed by atoms with Gasteiger partial charge in [0.1, 0.15) is 11.5 Å². The largest absolute Gasteiger partial charge is 0.458 e. The molecular formula is C54H53BN2O. The Morgan fingerprint density at radius 3 is 1.76 bits per heavy atom. The topological polar surface area (TPSA) is 15.7 Å². The Labute approximate surface area is 378 Å². The molecule has 2 heterocycles. The summed E-state index contributed by atoms with van der Waals surface area (Å²) < 4.78 is 220. The number of para-hydroxylation sites is 1. The predicted octanol–water partition coefficient (Wildman–Crippen LogP) is 13.1. The fourth-order valence-corrected chi connectivity index (χ4v) is 6.99. The van der Waals surface area contributed by atoms with Crippen LogP contribution in [0.1, 0.15) is 111 Å². The van der Waals surface area contributed by atoms with E-state index in [0.717, 1.165) is 4.90 Å². The first-order valence-electron chi connectivity index (χ1n) is 30.3. The highest BCUT2D eigenvalue weighted by Crippen LogP contribution is 2.47. The molecule has 0 bridgehead atoms. The summed E-state index contributed by atoms with van der Waals surface area (Å²) in [6.45, 7) is 14.4. The molecule has 3 nitrogen and oxygen atoms in total. The van der Waals surface area contributed by atoms with Crippen LogP contribution in [-0.4, -0.2) is 6.71 Å². The summed E-state index contributed by atoms with van der Waals surface area (Å²) in [5.41, 5.74) is -6.51. The van der Waals surface area contributed by atoms with Crippen LogP contribution in [0.25, 0.3) is 11.1 Å². The number of rotatable bonds is 5. The van der Waals surface area contributed by atoms with Crippen molar-refractivity contribution < 1.29 is 36.3 Å². The van der Waals surface area contributed by atoms with Gasteiger partial charge in [-0.15, -0.1) is 0 Å². The third-order valence-corrected chi connectivity index (χ3v) is 10.00. The monoisotopic (exact) mass is 780 g/mol. The first kappa shape index (κ1) is 19.6. The summed E-state index contributed by atoms with van der Waals surface area (Å²) in [5, 5.41) is 0. The van der Waals surface area contributed by atoms with Crippen LogP contribution < -0.4 is 30.9 Å². The minimum absolute atomic E-state index is 0.00885. The molecule has 0 unspecified atom stereocenters. The molecule has 0 saturated carbocycles. The molecule has 0 amide bonds. The van der Waals surface area contributed by atoms with E-state index in [4.69, 9.17) is 17.1 Å². The molecule has 2 aliphatic rings. The van der Waals surface area contributed by atoms with Gasteiger partial charge in [0, 0.05) is 34.5 Å². The summed E-state index contributed by atoms with van der Waals surface area (Å²) in [4.78, 5) is 2.07. The van der Waals surface area contributed by atoms with E-state index in [2.05, 4.69) is 0 Å². The lowest BCUT2D eigenvalue weighted by Crippen LogP contribution is -2.60. The van der Waals surface area contributed by atoms with Crippen molar-refractivity contribution >= 4 is 57.2 Å². The Morgan fingerprint density at radius 1 is 0.500 bits per heavy atom. The second-order valence-corrected chi connectivity index (χ2v) is 17.3. The van der Waals surface area contributed by atoms with Gasteiger partial charge in [0.25, 0.3) is 6.71 Å². The van der Waals surface area contributed by atoms with Crippen LogP contribution in [0.5, 0.6) is 11.5 Å². The number of fused-ring (bicyclic) bond motifs is 4. The van der Waals surface area contributed by atoms with Gasteiger partial charge in [-0.2, -0.15) is 0 Å². The first-order valence-corrected chi connectivity index (χ1v) is 18.8. The van der Waals surface area contributed by atoms with Crippen molar-refractivity contribution in [3.8, 4) is 22.6 Å². The quantitative estimate of drug-likeness (QED) is 0.162. The minimum Gasteiger partial charge on any atom is -0.458 e. The number of nitrogens with zero attached hydrogens (tertiary/aromatic N) is 2. The van der Waals surface area contributed by atoms with E-state index in [9.17, 15) is 19.2 Å². The van der Waals surface area contributed by atoms with Gasteiger partial charge >= 0.3 is 0 Å². The van der Waals surface area contributed by atoms with Crippen LogP contribution in [0.15, 0.2) is 157 Å². The molecule has 7 aromatic rings. The van der Waals surface area contributed by atoms with Crippen molar-refractivity contribution in [3.63, 3.8) is 0 Å². The molecule has 0 radical (unpaired) electrons. The van der Waals surface area contributed by atoms with Gasteiger partial charge in [-0.05, 0) is 115 Å². The van der Waals surface area contributed by atoms with Crippen LogP contribution in [0.3, 0.4) is 0 Å². The number of ether oxygens (including phenoxy) is 1. The van der Waals surface area contributed by atoms with Crippen molar-refractivity contribution in [3.05, 3.63) is 174 Å². The number of hydrogen-bond acceptors (Lipinski definition) is 3. The molecule has 4 heteroatoms. The molecule has 0 aliphatic carbocycles. The second-order valence-electron chi connectivity index (χ2n) is 17.3. The molecule has 0 fully saturated rings. The molecule has 0 N–H and O–H groups in total. The smallest absolute Gasteiger partial charge is 0.256 e. The molecule has 9 rings (SSSR count). The van der Waals surface area contributed by atoms with Gasteiger partial charge in [0.15, 0.2) is 0 Å². The summed E-state index contributed by atoms with van der Waals surface area (Å²) >= 11 is 0. The van der Waals surface area contributed by atoms with Crippen molar-refractivity contribution in [1.29, 1.82) is 0 Å². The van der Waals surface area contributed by atoms with Crippen molar-refractivity contribution in [2.45, 2.75) is 78.6 Å². The third kappa shape index (κ3) is 6.69. The maximum absolute atomic E-state index is 10.2. The molecule has 2 aliphatic heterocycles. The zero-order valence-corrected chi connectivity index (χ0v) is 33.6. The van der Waals surface area contributed by atoms with Gasteiger partial charge < -0.3 is 14.5 Å². The normalized spacial score (nSPS) is 18.9. The highest BCUT2D eigenvalue weighted by atomic mass is 16.5. The Morgan fingerprint density at radius 2 is 1.09 bits per heavy atom. The molecule has 0 spiro atoms. The lowest BCUT2D eigenvalue weighted by Gasteiger charge is -2.42. The first-order chi connectivity index (χ1) is 37.2. The second kappa shape index (κ2) is 13.8. The molecular weight excluding hydrogens is 703 g/mol. The molecule has 0 atom stereocenters. The van der Waals surface area contributed by atoms with Crippen LogP contribution in [0.4, 0.5) is 34.1 Å². The summed E-state index contributed by atoms with van der Waals surface area (Å²) in [5.74, 6) is -0.625. The zero-order chi connectivity index (χ0) is 60.6. The molecule has 0 saturated heterocycles. The predicted molar refractivity (Wildman–Crippen MR) is 249 cm³/mol. The number of anilines is 6. The molecule has 0 aromatic heterocycles. The standard InChI is InChI=1S/C54H53BN2O/c1-52(2,3)38-23-27-42(28-24-38)57-47-29-25-39(53(4,5)6)32-45(47)55-46-33-40(54(7,8)9)26-30-49(46)58-50-35-44(34-48(57)51(50)55)56(41-20-14-11-15-21-41)43-22-16-19-37(31-43)36-17-12-10-13-18-36/h10-35H,1-9H3/i10D,11D,12D,13D,14D,15D,16D,17D,18D,19D,20D,21D,22D,23D,24D,25D,26D,27D,28D,30D,31D,32D,33D. The van der Waals surface area contributed by atoms with Crippen LogP contribution in [0, 0.1) is 0 Å².